The number of rotatable bonds is 5. The largest absolute Gasteiger partial charge is 0.494 e. The van der Waals surface area contributed by atoms with Crippen molar-refractivity contribution in [1.29, 1.82) is 0 Å². The molecular formula is C11H15NO3. The lowest BCUT2D eigenvalue weighted by molar-refractivity contribution is -0.138. The number of carboxylic acids is 1. The maximum absolute atomic E-state index is 10.5. The van der Waals surface area contributed by atoms with Gasteiger partial charge < -0.3 is 15.6 Å². The van der Waals surface area contributed by atoms with Gasteiger partial charge in [-0.3, -0.25) is 4.79 Å². The van der Waals surface area contributed by atoms with Gasteiger partial charge in [0.05, 0.1) is 6.61 Å². The first-order chi connectivity index (χ1) is 7.13. The lowest BCUT2D eigenvalue weighted by Gasteiger charge is -2.07. The van der Waals surface area contributed by atoms with Crippen LogP contribution in [0.2, 0.25) is 0 Å². The fourth-order valence-corrected chi connectivity index (χ4v) is 1.23. The van der Waals surface area contributed by atoms with E-state index in [1.807, 2.05) is 31.2 Å². The van der Waals surface area contributed by atoms with E-state index >= 15 is 0 Å². The molecule has 0 aliphatic heterocycles. The van der Waals surface area contributed by atoms with Crippen molar-refractivity contribution in [3.8, 4) is 5.75 Å². The fraction of sp³-hybridized carbons (Fsp3) is 0.364. The van der Waals surface area contributed by atoms with E-state index in [4.69, 9.17) is 15.6 Å². The van der Waals surface area contributed by atoms with Crippen LogP contribution >= 0.6 is 0 Å². The Kier molecular flexibility index (Phi) is 4.12. The summed E-state index contributed by atoms with van der Waals surface area (Å²) in [6.45, 7) is 2.53. The predicted octanol–water partition coefficient (Wildman–Crippen LogP) is 1.04. The number of aliphatic carboxylic acids is 1. The van der Waals surface area contributed by atoms with Gasteiger partial charge in [0.25, 0.3) is 0 Å². The highest BCUT2D eigenvalue weighted by Crippen LogP contribution is 2.12. The highest BCUT2D eigenvalue weighted by Gasteiger charge is 2.11. The van der Waals surface area contributed by atoms with E-state index in [1.54, 1.807) is 0 Å². The van der Waals surface area contributed by atoms with Crippen molar-refractivity contribution in [2.24, 2.45) is 5.73 Å². The molecule has 4 heteroatoms. The van der Waals surface area contributed by atoms with Gasteiger partial charge in [-0.2, -0.15) is 0 Å². The molecule has 0 aliphatic rings. The summed E-state index contributed by atoms with van der Waals surface area (Å²) in [6, 6.07) is 6.44. The van der Waals surface area contributed by atoms with Crippen LogP contribution in [0, 0.1) is 0 Å². The molecule has 1 aromatic rings. The van der Waals surface area contributed by atoms with Gasteiger partial charge in [-0.15, -0.1) is 0 Å². The molecule has 0 bridgehead atoms. The molecule has 0 spiro atoms. The summed E-state index contributed by atoms with van der Waals surface area (Å²) < 4.78 is 5.27. The molecular weight excluding hydrogens is 194 g/mol. The van der Waals surface area contributed by atoms with E-state index < -0.39 is 12.0 Å². The van der Waals surface area contributed by atoms with Gasteiger partial charge in [-0.25, -0.2) is 0 Å². The summed E-state index contributed by atoms with van der Waals surface area (Å²) in [7, 11) is 0. The van der Waals surface area contributed by atoms with E-state index in [9.17, 15) is 4.79 Å². The number of carbonyl (C=O) groups is 1. The molecule has 15 heavy (non-hydrogen) atoms. The van der Waals surface area contributed by atoms with Crippen LogP contribution in [-0.2, 0) is 11.2 Å². The molecule has 1 aromatic carbocycles. The standard InChI is InChI=1S/C11H15NO3/c1-2-15-9-5-3-8(4-6-9)7-10(12)11(13)14/h3-6,10H,2,7,12H2,1H3,(H,13,14). The third-order valence-corrected chi connectivity index (χ3v) is 2.01. The molecule has 1 atom stereocenters. The van der Waals surface area contributed by atoms with Crippen molar-refractivity contribution in [1.82, 2.24) is 0 Å². The van der Waals surface area contributed by atoms with Crippen LogP contribution in [0.1, 0.15) is 12.5 Å². The first-order valence-corrected chi connectivity index (χ1v) is 4.83. The number of ether oxygens (including phenoxy) is 1. The number of carboxylic acid groups (broad SMARTS) is 1. The van der Waals surface area contributed by atoms with Gasteiger partial charge in [-0.05, 0) is 31.0 Å². The van der Waals surface area contributed by atoms with Crippen LogP contribution in [0.15, 0.2) is 24.3 Å². The minimum Gasteiger partial charge on any atom is -0.494 e. The molecule has 0 aromatic heterocycles. The summed E-state index contributed by atoms with van der Waals surface area (Å²) in [5, 5.41) is 8.63. The molecule has 0 saturated heterocycles. The van der Waals surface area contributed by atoms with Crippen LogP contribution in [-0.4, -0.2) is 23.7 Å². The van der Waals surface area contributed by atoms with E-state index in [-0.39, 0.29) is 0 Å². The molecule has 0 fully saturated rings. The molecule has 0 aliphatic carbocycles. The van der Waals surface area contributed by atoms with Crippen molar-refractivity contribution >= 4 is 5.97 Å². The first kappa shape index (κ1) is 11.5. The van der Waals surface area contributed by atoms with E-state index in [0.717, 1.165) is 11.3 Å². The summed E-state index contributed by atoms with van der Waals surface area (Å²) in [5.74, 6) is -0.200. The second-order valence-electron chi connectivity index (χ2n) is 3.23. The normalized spacial score (nSPS) is 12.1. The van der Waals surface area contributed by atoms with Crippen molar-refractivity contribution in [2.45, 2.75) is 19.4 Å². The third-order valence-electron chi connectivity index (χ3n) is 2.01. The quantitative estimate of drug-likeness (QED) is 0.760. The SMILES string of the molecule is CCOc1ccc(CC(N)C(=O)O)cc1. The van der Waals surface area contributed by atoms with Crippen molar-refractivity contribution < 1.29 is 14.6 Å². The van der Waals surface area contributed by atoms with Gasteiger partial charge in [-0.1, -0.05) is 12.1 Å². The predicted molar refractivity (Wildman–Crippen MR) is 56.9 cm³/mol. The Hall–Kier alpha value is -1.55. The van der Waals surface area contributed by atoms with Crippen LogP contribution < -0.4 is 10.5 Å². The zero-order valence-electron chi connectivity index (χ0n) is 8.64. The number of benzene rings is 1. The molecule has 82 valence electrons. The van der Waals surface area contributed by atoms with Crippen molar-refractivity contribution in [3.63, 3.8) is 0 Å². The Balaban J connectivity index is 2.60. The van der Waals surface area contributed by atoms with Crippen molar-refractivity contribution in [3.05, 3.63) is 29.8 Å². The molecule has 1 unspecified atom stereocenters. The van der Waals surface area contributed by atoms with Gasteiger partial charge in [0.15, 0.2) is 0 Å². The summed E-state index contributed by atoms with van der Waals surface area (Å²) >= 11 is 0. The third kappa shape index (κ3) is 3.59. The van der Waals surface area contributed by atoms with Gasteiger partial charge >= 0.3 is 5.97 Å². The lowest BCUT2D eigenvalue weighted by Crippen LogP contribution is -2.32. The lowest BCUT2D eigenvalue weighted by atomic mass is 10.1. The summed E-state index contributed by atoms with van der Waals surface area (Å²) in [4.78, 5) is 10.5. The fourth-order valence-electron chi connectivity index (χ4n) is 1.23. The van der Waals surface area contributed by atoms with E-state index in [2.05, 4.69) is 0 Å². The monoisotopic (exact) mass is 209 g/mol. The Labute approximate surface area is 88.7 Å². The van der Waals surface area contributed by atoms with E-state index in [0.29, 0.717) is 13.0 Å². The van der Waals surface area contributed by atoms with Crippen LogP contribution in [0.5, 0.6) is 5.75 Å². The smallest absolute Gasteiger partial charge is 0.320 e. The molecule has 0 saturated carbocycles. The van der Waals surface area contributed by atoms with Crippen LogP contribution in [0.3, 0.4) is 0 Å². The zero-order chi connectivity index (χ0) is 11.3. The molecule has 0 amide bonds. The van der Waals surface area contributed by atoms with Gasteiger partial charge in [0, 0.05) is 0 Å². The maximum Gasteiger partial charge on any atom is 0.320 e. The molecule has 0 radical (unpaired) electrons. The summed E-state index contributed by atoms with van der Waals surface area (Å²) in [6.07, 6.45) is 0.335. The van der Waals surface area contributed by atoms with Gasteiger partial charge in [0.2, 0.25) is 0 Å². The number of hydrogen-bond donors (Lipinski definition) is 2. The van der Waals surface area contributed by atoms with E-state index in [1.165, 1.54) is 0 Å². The van der Waals surface area contributed by atoms with Crippen molar-refractivity contribution in [2.75, 3.05) is 6.61 Å². The Bertz CT molecular complexity index is 321. The van der Waals surface area contributed by atoms with Crippen LogP contribution in [0.4, 0.5) is 0 Å². The molecule has 4 nitrogen and oxygen atoms in total. The summed E-state index contributed by atoms with van der Waals surface area (Å²) in [5.41, 5.74) is 6.31. The Morgan fingerprint density at radius 2 is 2.07 bits per heavy atom. The minimum absolute atomic E-state index is 0.335. The Morgan fingerprint density at radius 1 is 1.47 bits per heavy atom. The first-order valence-electron chi connectivity index (χ1n) is 4.83. The second kappa shape index (κ2) is 5.36. The average molecular weight is 209 g/mol. The molecule has 1 rings (SSSR count). The Morgan fingerprint density at radius 3 is 2.53 bits per heavy atom. The second-order valence-corrected chi connectivity index (χ2v) is 3.23. The highest BCUT2D eigenvalue weighted by molar-refractivity contribution is 5.73. The molecule has 0 heterocycles. The van der Waals surface area contributed by atoms with Crippen LogP contribution in [0.25, 0.3) is 0 Å². The minimum atomic E-state index is -0.983. The topological polar surface area (TPSA) is 72.5 Å². The van der Waals surface area contributed by atoms with Gasteiger partial charge in [0.1, 0.15) is 11.8 Å². The maximum atomic E-state index is 10.5. The highest BCUT2D eigenvalue weighted by atomic mass is 16.5. The number of hydrogen-bond acceptors (Lipinski definition) is 3. The average Bonchev–Trinajstić information content (AvgIpc) is 2.21. The molecule has 3 N–H and O–H groups in total. The number of nitrogens with two attached hydrogens (primary N) is 1. The zero-order valence-corrected chi connectivity index (χ0v) is 8.64.